The summed E-state index contributed by atoms with van der Waals surface area (Å²) in [5.41, 5.74) is 1.73. The molecule has 1 saturated heterocycles. The monoisotopic (exact) mass is 483 g/mol. The highest BCUT2D eigenvalue weighted by molar-refractivity contribution is 5.96. The summed E-state index contributed by atoms with van der Waals surface area (Å²) in [6.45, 7) is 1.60. The van der Waals surface area contributed by atoms with Crippen molar-refractivity contribution in [2.45, 2.75) is 6.54 Å². The average Bonchev–Trinajstić information content (AvgIpc) is 2.94. The fourth-order valence-electron chi connectivity index (χ4n) is 4.33. The molecule has 36 heavy (non-hydrogen) atoms. The Morgan fingerprint density at radius 2 is 1.61 bits per heavy atom. The molecule has 5 rings (SSSR count). The number of aromatic nitrogens is 3. The first-order valence-electron chi connectivity index (χ1n) is 11.7. The Kier molecular flexibility index (Phi) is 6.44. The molecule has 0 bridgehead atoms. The van der Waals surface area contributed by atoms with Gasteiger partial charge in [-0.15, -0.1) is 0 Å². The molecule has 0 spiro atoms. The van der Waals surface area contributed by atoms with Gasteiger partial charge in [0.25, 0.3) is 17.4 Å². The quantitative estimate of drug-likeness (QED) is 0.433. The maximum Gasteiger partial charge on any atom is 0.284 e. The van der Waals surface area contributed by atoms with Crippen LogP contribution >= 0.6 is 0 Å². The molecule has 0 N–H and O–H groups in total. The lowest BCUT2D eigenvalue weighted by atomic mass is 10.1. The third kappa shape index (κ3) is 4.55. The van der Waals surface area contributed by atoms with E-state index in [4.69, 9.17) is 4.74 Å². The maximum atomic E-state index is 13.4. The van der Waals surface area contributed by atoms with E-state index in [9.17, 15) is 14.4 Å². The Morgan fingerprint density at radius 3 is 2.33 bits per heavy atom. The van der Waals surface area contributed by atoms with Gasteiger partial charge in [-0.3, -0.25) is 19.0 Å². The van der Waals surface area contributed by atoms with E-state index in [1.807, 2.05) is 30.3 Å². The molecule has 2 aromatic heterocycles. The van der Waals surface area contributed by atoms with Gasteiger partial charge in [0.05, 0.1) is 13.7 Å². The van der Waals surface area contributed by atoms with E-state index < -0.39 is 11.5 Å². The topological polar surface area (TPSA) is 97.6 Å². The fourth-order valence-corrected chi connectivity index (χ4v) is 4.33. The van der Waals surface area contributed by atoms with E-state index in [-0.39, 0.29) is 18.1 Å². The van der Waals surface area contributed by atoms with Crippen LogP contribution in [0.3, 0.4) is 0 Å². The lowest BCUT2D eigenvalue weighted by molar-refractivity contribution is 0.0531. The molecule has 182 valence electrons. The number of nitrogens with zero attached hydrogens (tertiary/aromatic N) is 5. The molecule has 0 aliphatic carbocycles. The second-order valence-electron chi connectivity index (χ2n) is 8.50. The summed E-state index contributed by atoms with van der Waals surface area (Å²) in [7, 11) is 1.55. The number of fused-ring (bicyclic) bond motifs is 1. The van der Waals surface area contributed by atoms with Gasteiger partial charge in [-0.25, -0.2) is 9.97 Å². The number of ether oxygens (including phenoxy) is 1. The summed E-state index contributed by atoms with van der Waals surface area (Å²) in [5.74, 6) is 0.0421. The molecule has 9 nitrogen and oxygen atoms in total. The van der Waals surface area contributed by atoms with Crippen LogP contribution in [0.1, 0.15) is 26.4 Å². The van der Waals surface area contributed by atoms with E-state index in [2.05, 4.69) is 9.97 Å². The highest BCUT2D eigenvalue weighted by atomic mass is 16.5. The van der Waals surface area contributed by atoms with Crippen molar-refractivity contribution in [2.24, 2.45) is 0 Å². The van der Waals surface area contributed by atoms with Gasteiger partial charge in [-0.05, 0) is 35.9 Å². The first kappa shape index (κ1) is 23.2. The number of carbonyl (C=O) groups excluding carboxylic acids is 2. The Bertz CT molecular complexity index is 1480. The molecule has 0 radical (unpaired) electrons. The number of carbonyl (C=O) groups is 2. The SMILES string of the molecule is COc1cccc(C(=O)N2CCN(C(=O)c3nc4cccnc4n(Cc4ccccc4)c3=O)CC2)c1. The van der Waals surface area contributed by atoms with Gasteiger partial charge in [0, 0.05) is 37.9 Å². The number of benzene rings is 2. The summed E-state index contributed by atoms with van der Waals surface area (Å²) in [6.07, 6.45) is 1.60. The molecule has 9 heteroatoms. The third-order valence-electron chi connectivity index (χ3n) is 6.26. The van der Waals surface area contributed by atoms with Crippen molar-refractivity contribution in [2.75, 3.05) is 33.3 Å². The average molecular weight is 484 g/mol. The van der Waals surface area contributed by atoms with Crippen molar-refractivity contribution < 1.29 is 14.3 Å². The number of methoxy groups -OCH3 is 1. The Labute approximate surface area is 207 Å². The van der Waals surface area contributed by atoms with E-state index in [1.54, 1.807) is 59.5 Å². The van der Waals surface area contributed by atoms with E-state index in [0.717, 1.165) is 5.56 Å². The molecule has 0 atom stereocenters. The molecule has 0 saturated carbocycles. The fraction of sp³-hybridized carbons (Fsp3) is 0.222. The van der Waals surface area contributed by atoms with Crippen LogP contribution in [0.25, 0.3) is 11.2 Å². The summed E-state index contributed by atoms with van der Waals surface area (Å²) in [5, 5.41) is 0. The molecule has 1 fully saturated rings. The molecule has 3 heterocycles. The van der Waals surface area contributed by atoms with Gasteiger partial charge in [0.15, 0.2) is 11.3 Å². The van der Waals surface area contributed by atoms with Crippen molar-refractivity contribution in [3.63, 3.8) is 0 Å². The van der Waals surface area contributed by atoms with Gasteiger partial charge in [-0.1, -0.05) is 36.4 Å². The predicted molar refractivity (Wildman–Crippen MR) is 134 cm³/mol. The zero-order valence-corrected chi connectivity index (χ0v) is 19.8. The largest absolute Gasteiger partial charge is 0.497 e. The van der Waals surface area contributed by atoms with Crippen LogP contribution in [0.4, 0.5) is 0 Å². The third-order valence-corrected chi connectivity index (χ3v) is 6.26. The summed E-state index contributed by atoms with van der Waals surface area (Å²) in [4.78, 5) is 51.8. The van der Waals surface area contributed by atoms with E-state index >= 15 is 0 Å². The van der Waals surface area contributed by atoms with Crippen LogP contribution in [-0.4, -0.2) is 69.4 Å². The van der Waals surface area contributed by atoms with Crippen LogP contribution in [0.5, 0.6) is 5.75 Å². The first-order valence-corrected chi connectivity index (χ1v) is 11.7. The predicted octanol–water partition coefficient (Wildman–Crippen LogP) is 2.45. The van der Waals surface area contributed by atoms with Crippen molar-refractivity contribution in [1.29, 1.82) is 0 Å². The summed E-state index contributed by atoms with van der Waals surface area (Å²) >= 11 is 0. The molecule has 4 aromatic rings. The van der Waals surface area contributed by atoms with Crippen molar-refractivity contribution in [3.05, 3.63) is 100 Å². The molecule has 2 amide bonds. The molecule has 0 unspecified atom stereocenters. The summed E-state index contributed by atoms with van der Waals surface area (Å²) in [6, 6.07) is 20.0. The Hall–Kier alpha value is -4.53. The van der Waals surface area contributed by atoms with E-state index in [0.29, 0.717) is 48.7 Å². The number of amides is 2. The minimum absolute atomic E-state index is 0.124. The number of piperazine rings is 1. The number of rotatable bonds is 5. The smallest absolute Gasteiger partial charge is 0.284 e. The minimum Gasteiger partial charge on any atom is -0.497 e. The van der Waals surface area contributed by atoms with Crippen molar-refractivity contribution >= 4 is 23.0 Å². The Balaban J connectivity index is 1.37. The lowest BCUT2D eigenvalue weighted by Gasteiger charge is -2.34. The first-order chi connectivity index (χ1) is 17.5. The van der Waals surface area contributed by atoms with Crippen LogP contribution in [-0.2, 0) is 6.54 Å². The molecule has 2 aromatic carbocycles. The normalized spacial score (nSPS) is 13.6. The number of hydrogen-bond acceptors (Lipinski definition) is 6. The van der Waals surface area contributed by atoms with E-state index in [1.165, 1.54) is 4.57 Å². The molecular weight excluding hydrogens is 458 g/mol. The maximum absolute atomic E-state index is 13.4. The number of hydrogen-bond donors (Lipinski definition) is 0. The van der Waals surface area contributed by atoms with Crippen LogP contribution < -0.4 is 10.3 Å². The highest BCUT2D eigenvalue weighted by Crippen LogP contribution is 2.17. The van der Waals surface area contributed by atoms with Crippen LogP contribution in [0.15, 0.2) is 77.7 Å². The second-order valence-corrected chi connectivity index (χ2v) is 8.50. The number of pyridine rings is 1. The van der Waals surface area contributed by atoms with Crippen molar-refractivity contribution in [1.82, 2.24) is 24.3 Å². The summed E-state index contributed by atoms with van der Waals surface area (Å²) < 4.78 is 6.71. The zero-order chi connectivity index (χ0) is 25.1. The molecular formula is C27H25N5O4. The van der Waals surface area contributed by atoms with Gasteiger partial charge in [-0.2, -0.15) is 0 Å². The second kappa shape index (κ2) is 9.99. The standard InChI is InChI=1S/C27H25N5O4/c1-36-21-10-5-9-20(17-21)25(33)30-13-15-31(16-14-30)26(34)23-27(35)32(18-19-7-3-2-4-8-19)24-22(29-23)11-6-12-28-24/h2-12,17H,13-16,18H2,1H3. The van der Waals surface area contributed by atoms with Gasteiger partial charge in [0.2, 0.25) is 0 Å². The van der Waals surface area contributed by atoms with Crippen LogP contribution in [0, 0.1) is 0 Å². The van der Waals surface area contributed by atoms with Gasteiger partial charge < -0.3 is 14.5 Å². The lowest BCUT2D eigenvalue weighted by Crippen LogP contribution is -2.51. The molecule has 1 aliphatic rings. The zero-order valence-electron chi connectivity index (χ0n) is 19.8. The Morgan fingerprint density at radius 1 is 0.889 bits per heavy atom. The van der Waals surface area contributed by atoms with Gasteiger partial charge >= 0.3 is 0 Å². The van der Waals surface area contributed by atoms with Crippen molar-refractivity contribution in [3.8, 4) is 5.75 Å². The van der Waals surface area contributed by atoms with Crippen LogP contribution in [0.2, 0.25) is 0 Å². The molecule has 1 aliphatic heterocycles. The van der Waals surface area contributed by atoms with Gasteiger partial charge in [0.1, 0.15) is 11.3 Å². The highest BCUT2D eigenvalue weighted by Gasteiger charge is 2.29. The minimum atomic E-state index is -0.482.